The van der Waals surface area contributed by atoms with Crippen LogP contribution in [0.1, 0.15) is 32.1 Å². The van der Waals surface area contributed by atoms with Crippen molar-refractivity contribution in [2.45, 2.75) is 38.1 Å². The van der Waals surface area contributed by atoms with E-state index in [9.17, 15) is 14.7 Å². The van der Waals surface area contributed by atoms with Crippen LogP contribution in [-0.4, -0.2) is 54.2 Å². The molecule has 6 nitrogen and oxygen atoms in total. The SMILES string of the molecule is NCC1(C(=O)N2CCOCC2C(=O)O)CCCCC1. The number of carbonyl (C=O) groups is 2. The van der Waals surface area contributed by atoms with Gasteiger partial charge >= 0.3 is 5.97 Å². The maximum atomic E-state index is 12.7. The second-order valence-corrected chi connectivity index (χ2v) is 5.47. The fraction of sp³-hybridized carbons (Fsp3) is 0.846. The average Bonchev–Trinajstić information content (AvgIpc) is 2.47. The Bertz CT molecular complexity index is 353. The quantitative estimate of drug-likeness (QED) is 0.764. The van der Waals surface area contributed by atoms with Gasteiger partial charge in [-0.1, -0.05) is 19.3 Å². The Morgan fingerprint density at radius 3 is 2.58 bits per heavy atom. The Kier molecular flexibility index (Phi) is 4.42. The maximum absolute atomic E-state index is 12.7. The molecule has 1 aliphatic heterocycles. The highest BCUT2D eigenvalue weighted by Gasteiger charge is 2.44. The number of carboxylic acid groups (broad SMARTS) is 1. The lowest BCUT2D eigenvalue weighted by Gasteiger charge is -2.42. The van der Waals surface area contributed by atoms with E-state index in [0.717, 1.165) is 32.1 Å². The molecule has 2 fully saturated rings. The van der Waals surface area contributed by atoms with E-state index in [4.69, 9.17) is 10.5 Å². The Morgan fingerprint density at radius 2 is 2.00 bits per heavy atom. The summed E-state index contributed by atoms with van der Waals surface area (Å²) >= 11 is 0. The van der Waals surface area contributed by atoms with Gasteiger partial charge in [0.15, 0.2) is 6.04 Å². The van der Waals surface area contributed by atoms with E-state index in [0.29, 0.717) is 19.7 Å². The molecule has 108 valence electrons. The molecule has 0 bridgehead atoms. The second-order valence-electron chi connectivity index (χ2n) is 5.47. The van der Waals surface area contributed by atoms with Crippen LogP contribution in [0.15, 0.2) is 0 Å². The molecule has 1 heterocycles. The smallest absolute Gasteiger partial charge is 0.328 e. The van der Waals surface area contributed by atoms with Crippen molar-refractivity contribution in [1.82, 2.24) is 4.90 Å². The fourth-order valence-corrected chi connectivity index (χ4v) is 3.09. The van der Waals surface area contributed by atoms with Crippen molar-refractivity contribution in [3.63, 3.8) is 0 Å². The normalized spacial score (nSPS) is 27.0. The molecule has 0 aromatic rings. The van der Waals surface area contributed by atoms with E-state index >= 15 is 0 Å². The van der Waals surface area contributed by atoms with Crippen LogP contribution in [0.3, 0.4) is 0 Å². The predicted octanol–water partition coefficient (Wildman–Crippen LogP) is 0.208. The number of rotatable bonds is 3. The first-order chi connectivity index (χ1) is 9.10. The number of ether oxygens (including phenoxy) is 1. The van der Waals surface area contributed by atoms with E-state index < -0.39 is 17.4 Å². The monoisotopic (exact) mass is 270 g/mol. The van der Waals surface area contributed by atoms with Crippen molar-refractivity contribution < 1.29 is 19.4 Å². The topological polar surface area (TPSA) is 92.9 Å². The van der Waals surface area contributed by atoms with Crippen molar-refractivity contribution in [2.75, 3.05) is 26.3 Å². The van der Waals surface area contributed by atoms with E-state index in [1.807, 2.05) is 0 Å². The molecular weight excluding hydrogens is 248 g/mol. The summed E-state index contributed by atoms with van der Waals surface area (Å²) in [6, 6.07) is -0.869. The first kappa shape index (κ1) is 14.3. The molecule has 0 aromatic heterocycles. The number of nitrogens with two attached hydrogens (primary N) is 1. The van der Waals surface area contributed by atoms with E-state index in [2.05, 4.69) is 0 Å². The molecule has 0 aromatic carbocycles. The summed E-state index contributed by atoms with van der Waals surface area (Å²) in [5.41, 5.74) is 5.29. The molecule has 6 heteroatoms. The highest BCUT2D eigenvalue weighted by molar-refractivity contribution is 5.88. The van der Waals surface area contributed by atoms with Gasteiger partial charge in [-0.2, -0.15) is 0 Å². The molecule has 1 saturated heterocycles. The van der Waals surface area contributed by atoms with Crippen LogP contribution in [0.25, 0.3) is 0 Å². The molecule has 0 radical (unpaired) electrons. The molecule has 1 amide bonds. The molecule has 19 heavy (non-hydrogen) atoms. The molecule has 3 N–H and O–H groups in total. The zero-order valence-electron chi connectivity index (χ0n) is 11.1. The molecule has 1 saturated carbocycles. The summed E-state index contributed by atoms with van der Waals surface area (Å²) in [5.74, 6) is -1.10. The first-order valence-electron chi connectivity index (χ1n) is 6.92. The number of aliphatic carboxylic acids is 1. The summed E-state index contributed by atoms with van der Waals surface area (Å²) in [7, 11) is 0. The lowest BCUT2D eigenvalue weighted by atomic mass is 9.72. The van der Waals surface area contributed by atoms with Crippen LogP contribution in [0.4, 0.5) is 0 Å². The zero-order chi connectivity index (χ0) is 13.9. The lowest BCUT2D eigenvalue weighted by molar-refractivity contribution is -0.164. The number of carboxylic acids is 1. The number of carbonyl (C=O) groups excluding carboxylic acids is 1. The van der Waals surface area contributed by atoms with Gasteiger partial charge in [0, 0.05) is 13.1 Å². The average molecular weight is 270 g/mol. The Labute approximate surface area is 112 Å². The number of hydrogen-bond donors (Lipinski definition) is 2. The van der Waals surface area contributed by atoms with Gasteiger partial charge in [0.25, 0.3) is 0 Å². The molecule has 2 rings (SSSR count). The number of amides is 1. The van der Waals surface area contributed by atoms with E-state index in [1.54, 1.807) is 0 Å². The van der Waals surface area contributed by atoms with Gasteiger partial charge in [0.05, 0.1) is 18.6 Å². The van der Waals surface area contributed by atoms with Crippen LogP contribution in [0.5, 0.6) is 0 Å². The Balaban J connectivity index is 2.17. The van der Waals surface area contributed by atoms with Gasteiger partial charge in [-0.15, -0.1) is 0 Å². The third kappa shape index (κ3) is 2.74. The summed E-state index contributed by atoms with van der Waals surface area (Å²) in [6.45, 7) is 1.12. The van der Waals surface area contributed by atoms with Crippen molar-refractivity contribution in [1.29, 1.82) is 0 Å². The zero-order valence-corrected chi connectivity index (χ0v) is 11.1. The van der Waals surface area contributed by atoms with Crippen molar-refractivity contribution >= 4 is 11.9 Å². The van der Waals surface area contributed by atoms with Crippen molar-refractivity contribution in [3.8, 4) is 0 Å². The number of nitrogens with zero attached hydrogens (tertiary/aromatic N) is 1. The van der Waals surface area contributed by atoms with Crippen LogP contribution in [-0.2, 0) is 14.3 Å². The third-order valence-electron chi connectivity index (χ3n) is 4.33. The highest BCUT2D eigenvalue weighted by atomic mass is 16.5. The number of morpholine rings is 1. The van der Waals surface area contributed by atoms with Crippen LogP contribution < -0.4 is 5.73 Å². The summed E-state index contributed by atoms with van der Waals surface area (Å²) in [6.07, 6.45) is 4.65. The fourth-order valence-electron chi connectivity index (χ4n) is 3.09. The van der Waals surface area contributed by atoms with Crippen LogP contribution in [0.2, 0.25) is 0 Å². The van der Waals surface area contributed by atoms with E-state index in [-0.39, 0.29) is 12.5 Å². The Morgan fingerprint density at radius 1 is 1.32 bits per heavy atom. The largest absolute Gasteiger partial charge is 0.480 e. The van der Waals surface area contributed by atoms with Gasteiger partial charge < -0.3 is 20.5 Å². The van der Waals surface area contributed by atoms with Gasteiger partial charge in [0.2, 0.25) is 5.91 Å². The minimum atomic E-state index is -1.00. The molecular formula is C13H22N2O4. The van der Waals surface area contributed by atoms with Crippen LogP contribution >= 0.6 is 0 Å². The summed E-state index contributed by atoms with van der Waals surface area (Å²) in [4.78, 5) is 25.4. The van der Waals surface area contributed by atoms with Gasteiger partial charge in [-0.25, -0.2) is 4.79 Å². The minimum Gasteiger partial charge on any atom is -0.480 e. The third-order valence-corrected chi connectivity index (χ3v) is 4.33. The van der Waals surface area contributed by atoms with Gasteiger partial charge in [0.1, 0.15) is 0 Å². The van der Waals surface area contributed by atoms with Crippen molar-refractivity contribution in [3.05, 3.63) is 0 Å². The summed E-state index contributed by atoms with van der Waals surface area (Å²) in [5, 5.41) is 9.21. The summed E-state index contributed by atoms with van der Waals surface area (Å²) < 4.78 is 5.17. The van der Waals surface area contributed by atoms with Crippen molar-refractivity contribution in [2.24, 2.45) is 11.1 Å². The predicted molar refractivity (Wildman–Crippen MR) is 68.5 cm³/mol. The lowest BCUT2D eigenvalue weighted by Crippen LogP contribution is -2.58. The standard InChI is InChI=1S/C13H22N2O4/c14-9-13(4-2-1-3-5-13)12(18)15-6-7-19-8-10(15)11(16)17/h10H,1-9,14H2,(H,16,17). The highest BCUT2D eigenvalue weighted by Crippen LogP contribution is 2.37. The van der Waals surface area contributed by atoms with Gasteiger partial charge in [-0.05, 0) is 12.8 Å². The van der Waals surface area contributed by atoms with Crippen LogP contribution in [0, 0.1) is 5.41 Å². The molecule has 1 aliphatic carbocycles. The molecule has 0 spiro atoms. The van der Waals surface area contributed by atoms with Gasteiger partial charge in [-0.3, -0.25) is 4.79 Å². The maximum Gasteiger partial charge on any atom is 0.328 e. The van der Waals surface area contributed by atoms with E-state index in [1.165, 1.54) is 4.90 Å². The minimum absolute atomic E-state index is 0.0712. The first-order valence-corrected chi connectivity index (χ1v) is 6.92. The number of hydrogen-bond acceptors (Lipinski definition) is 4. The molecule has 1 unspecified atom stereocenters. The Hall–Kier alpha value is -1.14. The molecule has 2 aliphatic rings. The second kappa shape index (κ2) is 5.88. The molecule has 1 atom stereocenters.